The lowest BCUT2D eigenvalue weighted by Gasteiger charge is -2.17. The SMILES string of the molecule is CNC(=O)c1cc(Oc2ccc(CNC(=O)c3cc(Cl)cc(N4CCCC4=O)c3)cc2)ccn1. The van der Waals surface area contributed by atoms with E-state index in [1.807, 2.05) is 12.1 Å². The Labute approximate surface area is 201 Å². The first-order chi connectivity index (χ1) is 16.4. The molecule has 0 unspecified atom stereocenters. The van der Waals surface area contributed by atoms with E-state index in [9.17, 15) is 14.4 Å². The molecule has 1 aliphatic rings. The van der Waals surface area contributed by atoms with Crippen LogP contribution in [0.5, 0.6) is 11.5 Å². The van der Waals surface area contributed by atoms with Gasteiger partial charge in [0.2, 0.25) is 5.91 Å². The number of amides is 3. The maximum atomic E-state index is 12.7. The van der Waals surface area contributed by atoms with Gasteiger partial charge in [0.15, 0.2) is 0 Å². The summed E-state index contributed by atoms with van der Waals surface area (Å²) in [5.74, 6) is 0.527. The summed E-state index contributed by atoms with van der Waals surface area (Å²) in [6, 6.07) is 15.4. The molecule has 3 aromatic rings. The Morgan fingerprint density at radius 3 is 2.56 bits per heavy atom. The minimum absolute atomic E-state index is 0.0348. The number of anilines is 1. The van der Waals surface area contributed by atoms with Crippen LogP contribution in [0.4, 0.5) is 5.69 Å². The maximum Gasteiger partial charge on any atom is 0.269 e. The van der Waals surface area contributed by atoms with Gasteiger partial charge in [0.1, 0.15) is 17.2 Å². The number of pyridine rings is 1. The third kappa shape index (κ3) is 5.52. The van der Waals surface area contributed by atoms with Crippen LogP contribution in [0.25, 0.3) is 0 Å². The lowest BCUT2D eigenvalue weighted by atomic mass is 10.1. The molecule has 0 atom stereocenters. The lowest BCUT2D eigenvalue weighted by Crippen LogP contribution is -2.26. The molecule has 174 valence electrons. The first-order valence-electron chi connectivity index (χ1n) is 10.8. The third-order valence-corrected chi connectivity index (χ3v) is 5.55. The summed E-state index contributed by atoms with van der Waals surface area (Å²) in [5.41, 5.74) is 2.17. The van der Waals surface area contributed by atoms with Gasteiger partial charge in [-0.2, -0.15) is 0 Å². The number of rotatable bonds is 7. The van der Waals surface area contributed by atoms with E-state index in [1.165, 1.54) is 13.2 Å². The van der Waals surface area contributed by atoms with Crippen molar-refractivity contribution in [1.82, 2.24) is 15.6 Å². The predicted molar refractivity (Wildman–Crippen MR) is 128 cm³/mol. The highest BCUT2D eigenvalue weighted by Gasteiger charge is 2.23. The average molecular weight is 479 g/mol. The number of benzene rings is 2. The topological polar surface area (TPSA) is 101 Å². The Kier molecular flexibility index (Phi) is 7.08. The highest BCUT2D eigenvalue weighted by molar-refractivity contribution is 6.31. The van der Waals surface area contributed by atoms with E-state index in [0.717, 1.165) is 12.0 Å². The van der Waals surface area contributed by atoms with E-state index in [0.29, 0.717) is 47.3 Å². The van der Waals surface area contributed by atoms with Crippen molar-refractivity contribution in [2.45, 2.75) is 19.4 Å². The Morgan fingerprint density at radius 2 is 1.85 bits per heavy atom. The van der Waals surface area contributed by atoms with Crippen LogP contribution in [0.15, 0.2) is 60.8 Å². The van der Waals surface area contributed by atoms with Crippen molar-refractivity contribution in [3.8, 4) is 11.5 Å². The fourth-order valence-corrected chi connectivity index (χ4v) is 3.83. The Balaban J connectivity index is 1.37. The molecule has 1 aromatic heterocycles. The molecule has 0 bridgehead atoms. The fraction of sp³-hybridized carbons (Fsp3) is 0.200. The summed E-state index contributed by atoms with van der Waals surface area (Å²) >= 11 is 6.20. The van der Waals surface area contributed by atoms with Crippen molar-refractivity contribution in [2.75, 3.05) is 18.5 Å². The van der Waals surface area contributed by atoms with Gasteiger partial charge in [-0.05, 0) is 48.4 Å². The van der Waals surface area contributed by atoms with Crippen LogP contribution < -0.4 is 20.3 Å². The van der Waals surface area contributed by atoms with Gasteiger partial charge in [0.05, 0.1) is 0 Å². The number of nitrogens with zero attached hydrogens (tertiary/aromatic N) is 2. The normalized spacial score (nSPS) is 13.0. The molecular formula is C25H23ClN4O4. The molecule has 2 N–H and O–H groups in total. The number of aromatic nitrogens is 1. The minimum atomic E-state index is -0.296. The second kappa shape index (κ2) is 10.4. The Bertz CT molecular complexity index is 1230. The first kappa shape index (κ1) is 23.3. The van der Waals surface area contributed by atoms with Crippen LogP contribution >= 0.6 is 11.6 Å². The molecule has 0 radical (unpaired) electrons. The molecule has 2 aromatic carbocycles. The molecule has 34 heavy (non-hydrogen) atoms. The molecule has 0 spiro atoms. The number of hydrogen-bond donors (Lipinski definition) is 2. The number of nitrogens with one attached hydrogen (secondary N) is 2. The van der Waals surface area contributed by atoms with Crippen LogP contribution in [0.1, 0.15) is 39.3 Å². The number of halogens is 1. The zero-order chi connectivity index (χ0) is 24.1. The van der Waals surface area contributed by atoms with Crippen molar-refractivity contribution in [1.29, 1.82) is 0 Å². The summed E-state index contributed by atoms with van der Waals surface area (Å²) in [5, 5.41) is 5.80. The van der Waals surface area contributed by atoms with Crippen LogP contribution in [0.2, 0.25) is 5.02 Å². The third-order valence-electron chi connectivity index (χ3n) is 5.33. The summed E-state index contributed by atoms with van der Waals surface area (Å²) < 4.78 is 5.79. The van der Waals surface area contributed by atoms with E-state index in [2.05, 4.69) is 15.6 Å². The molecule has 9 heteroatoms. The number of carbonyl (C=O) groups excluding carboxylic acids is 3. The fourth-order valence-electron chi connectivity index (χ4n) is 3.60. The average Bonchev–Trinajstić information content (AvgIpc) is 3.28. The number of ether oxygens (including phenoxy) is 1. The van der Waals surface area contributed by atoms with E-state index in [4.69, 9.17) is 16.3 Å². The highest BCUT2D eigenvalue weighted by atomic mass is 35.5. The van der Waals surface area contributed by atoms with Crippen LogP contribution in [0, 0.1) is 0 Å². The summed E-state index contributed by atoms with van der Waals surface area (Å²) in [7, 11) is 1.54. The van der Waals surface area contributed by atoms with Crippen LogP contribution in [-0.4, -0.2) is 36.3 Å². The lowest BCUT2D eigenvalue weighted by molar-refractivity contribution is -0.117. The van der Waals surface area contributed by atoms with E-state index < -0.39 is 0 Å². The number of carbonyl (C=O) groups is 3. The largest absolute Gasteiger partial charge is 0.457 e. The monoisotopic (exact) mass is 478 g/mol. The molecular weight excluding hydrogens is 456 g/mol. The maximum absolute atomic E-state index is 12.7. The van der Waals surface area contributed by atoms with Gasteiger partial charge >= 0.3 is 0 Å². The van der Waals surface area contributed by atoms with Crippen molar-refractivity contribution < 1.29 is 19.1 Å². The van der Waals surface area contributed by atoms with Crippen molar-refractivity contribution >= 4 is 35.0 Å². The minimum Gasteiger partial charge on any atom is -0.457 e. The quantitative estimate of drug-likeness (QED) is 0.535. The molecule has 2 heterocycles. The molecule has 0 saturated carbocycles. The molecule has 4 rings (SSSR count). The number of hydrogen-bond acceptors (Lipinski definition) is 5. The van der Waals surface area contributed by atoms with Gasteiger partial charge in [-0.25, -0.2) is 0 Å². The Morgan fingerprint density at radius 1 is 1.06 bits per heavy atom. The highest BCUT2D eigenvalue weighted by Crippen LogP contribution is 2.27. The van der Waals surface area contributed by atoms with Gasteiger partial charge in [-0.1, -0.05) is 23.7 Å². The van der Waals surface area contributed by atoms with Gasteiger partial charge < -0.3 is 20.3 Å². The van der Waals surface area contributed by atoms with Crippen molar-refractivity contribution in [3.63, 3.8) is 0 Å². The smallest absolute Gasteiger partial charge is 0.269 e. The van der Waals surface area contributed by atoms with Crippen LogP contribution in [0.3, 0.4) is 0 Å². The molecule has 1 fully saturated rings. The van der Waals surface area contributed by atoms with Crippen LogP contribution in [-0.2, 0) is 11.3 Å². The van der Waals surface area contributed by atoms with Gasteiger partial charge in [0, 0.05) is 55.1 Å². The molecule has 1 aliphatic heterocycles. The molecule has 1 saturated heterocycles. The summed E-state index contributed by atoms with van der Waals surface area (Å²) in [6.07, 6.45) is 2.80. The zero-order valence-corrected chi connectivity index (χ0v) is 19.3. The molecule has 0 aliphatic carbocycles. The van der Waals surface area contributed by atoms with Gasteiger partial charge in [0.25, 0.3) is 11.8 Å². The van der Waals surface area contributed by atoms with E-state index in [1.54, 1.807) is 47.4 Å². The van der Waals surface area contributed by atoms with Crippen molar-refractivity contribution in [2.24, 2.45) is 0 Å². The second-order valence-corrected chi connectivity index (χ2v) is 8.17. The first-order valence-corrected chi connectivity index (χ1v) is 11.1. The van der Waals surface area contributed by atoms with E-state index in [-0.39, 0.29) is 23.4 Å². The molecule has 8 nitrogen and oxygen atoms in total. The van der Waals surface area contributed by atoms with Gasteiger partial charge in [-0.15, -0.1) is 0 Å². The zero-order valence-electron chi connectivity index (χ0n) is 18.5. The predicted octanol–water partition coefficient (Wildman–Crippen LogP) is 3.94. The summed E-state index contributed by atoms with van der Waals surface area (Å²) in [6.45, 7) is 0.931. The van der Waals surface area contributed by atoms with Crippen molar-refractivity contribution in [3.05, 3.63) is 82.6 Å². The Hall–Kier alpha value is -3.91. The summed E-state index contributed by atoms with van der Waals surface area (Å²) in [4.78, 5) is 42.1. The van der Waals surface area contributed by atoms with E-state index >= 15 is 0 Å². The van der Waals surface area contributed by atoms with Gasteiger partial charge in [-0.3, -0.25) is 19.4 Å². The molecule has 3 amide bonds. The second-order valence-electron chi connectivity index (χ2n) is 7.73. The standard InChI is InChI=1S/C25H23ClN4O4/c1-27-25(33)22-14-21(8-9-28-22)34-20-6-4-16(5-7-20)15-29-24(32)17-11-18(26)13-19(12-17)30-10-2-3-23(30)31/h4-9,11-14H,2-3,10,15H2,1H3,(H,27,33)(H,29,32).